The lowest BCUT2D eigenvalue weighted by atomic mass is 10.0. The number of hydrogen-bond donors (Lipinski definition) is 1. The lowest BCUT2D eigenvalue weighted by molar-refractivity contribution is 0.626. The summed E-state index contributed by atoms with van der Waals surface area (Å²) < 4.78 is 13.0. The SMILES string of the molecule is CCC(N)Cc1cccnc1N(C)Cc1ccc(F)cc1. The standard InChI is InChI=1S/C17H22FN3/c1-3-16(19)11-14-5-4-10-20-17(14)21(2)12-13-6-8-15(18)9-7-13/h4-10,16H,3,11-12,19H2,1-2H3. The van der Waals surface area contributed by atoms with Gasteiger partial charge in [-0.1, -0.05) is 25.1 Å². The van der Waals surface area contributed by atoms with E-state index in [1.165, 1.54) is 12.1 Å². The highest BCUT2D eigenvalue weighted by molar-refractivity contribution is 5.47. The van der Waals surface area contributed by atoms with Crippen LogP contribution in [-0.2, 0) is 13.0 Å². The predicted octanol–water partition coefficient (Wildman–Crippen LogP) is 3.14. The van der Waals surface area contributed by atoms with Crippen LogP contribution in [0.2, 0.25) is 0 Å². The Hall–Kier alpha value is -1.94. The van der Waals surface area contributed by atoms with Crippen molar-refractivity contribution in [2.24, 2.45) is 5.73 Å². The minimum Gasteiger partial charge on any atom is -0.355 e. The Morgan fingerprint density at radius 1 is 1.24 bits per heavy atom. The number of nitrogens with zero attached hydrogens (tertiary/aromatic N) is 2. The molecule has 0 fully saturated rings. The maximum Gasteiger partial charge on any atom is 0.131 e. The van der Waals surface area contributed by atoms with Gasteiger partial charge in [0.1, 0.15) is 11.6 Å². The van der Waals surface area contributed by atoms with Gasteiger partial charge >= 0.3 is 0 Å². The Kier molecular flexibility index (Phi) is 5.28. The van der Waals surface area contributed by atoms with Gasteiger partial charge in [0.25, 0.3) is 0 Å². The van der Waals surface area contributed by atoms with Gasteiger partial charge in [-0.05, 0) is 42.2 Å². The highest BCUT2D eigenvalue weighted by Gasteiger charge is 2.11. The molecule has 0 bridgehead atoms. The van der Waals surface area contributed by atoms with Crippen LogP contribution < -0.4 is 10.6 Å². The molecule has 4 heteroatoms. The molecule has 0 amide bonds. The first-order valence-electron chi connectivity index (χ1n) is 7.25. The summed E-state index contributed by atoms with van der Waals surface area (Å²) in [5, 5.41) is 0. The number of pyridine rings is 1. The zero-order valence-electron chi connectivity index (χ0n) is 12.6. The number of hydrogen-bond acceptors (Lipinski definition) is 3. The van der Waals surface area contributed by atoms with Crippen molar-refractivity contribution in [2.45, 2.75) is 32.4 Å². The van der Waals surface area contributed by atoms with Crippen molar-refractivity contribution in [3.63, 3.8) is 0 Å². The van der Waals surface area contributed by atoms with Crippen LogP contribution in [0.25, 0.3) is 0 Å². The lowest BCUT2D eigenvalue weighted by Crippen LogP contribution is -2.25. The Morgan fingerprint density at radius 3 is 2.62 bits per heavy atom. The van der Waals surface area contributed by atoms with Crippen molar-refractivity contribution >= 4 is 5.82 Å². The molecule has 1 heterocycles. The maximum atomic E-state index is 13.0. The zero-order chi connectivity index (χ0) is 15.2. The first-order chi connectivity index (χ1) is 10.1. The van der Waals surface area contributed by atoms with Crippen LogP contribution in [0, 0.1) is 5.82 Å². The molecule has 1 aromatic heterocycles. The molecule has 1 unspecified atom stereocenters. The fourth-order valence-electron chi connectivity index (χ4n) is 2.30. The minimum atomic E-state index is -0.214. The summed E-state index contributed by atoms with van der Waals surface area (Å²) in [6, 6.07) is 10.7. The molecular formula is C17H22FN3. The third-order valence-corrected chi connectivity index (χ3v) is 3.57. The fraction of sp³-hybridized carbons (Fsp3) is 0.353. The molecule has 0 aliphatic carbocycles. The normalized spacial score (nSPS) is 12.2. The van der Waals surface area contributed by atoms with Crippen molar-refractivity contribution < 1.29 is 4.39 Å². The second-order valence-electron chi connectivity index (χ2n) is 5.34. The molecule has 0 spiro atoms. The van der Waals surface area contributed by atoms with Gasteiger partial charge in [-0.2, -0.15) is 0 Å². The monoisotopic (exact) mass is 287 g/mol. The highest BCUT2D eigenvalue weighted by Crippen LogP contribution is 2.20. The van der Waals surface area contributed by atoms with Crippen molar-refractivity contribution in [1.82, 2.24) is 4.98 Å². The topological polar surface area (TPSA) is 42.1 Å². The van der Waals surface area contributed by atoms with E-state index in [2.05, 4.69) is 22.9 Å². The van der Waals surface area contributed by atoms with Gasteiger partial charge in [-0.15, -0.1) is 0 Å². The van der Waals surface area contributed by atoms with Crippen LogP contribution in [0.3, 0.4) is 0 Å². The summed E-state index contributed by atoms with van der Waals surface area (Å²) in [4.78, 5) is 6.55. The van der Waals surface area contributed by atoms with Crippen LogP contribution in [0.15, 0.2) is 42.6 Å². The summed E-state index contributed by atoms with van der Waals surface area (Å²) in [5.74, 6) is 0.722. The van der Waals surface area contributed by atoms with Gasteiger partial charge < -0.3 is 10.6 Å². The largest absolute Gasteiger partial charge is 0.355 e. The Labute approximate surface area is 125 Å². The van der Waals surface area contributed by atoms with Crippen LogP contribution in [-0.4, -0.2) is 18.1 Å². The van der Waals surface area contributed by atoms with E-state index in [4.69, 9.17) is 5.73 Å². The summed E-state index contributed by atoms with van der Waals surface area (Å²) in [7, 11) is 1.99. The Balaban J connectivity index is 2.14. The molecule has 1 atom stereocenters. The van der Waals surface area contributed by atoms with E-state index in [9.17, 15) is 4.39 Å². The number of rotatable bonds is 6. The number of anilines is 1. The number of benzene rings is 1. The Bertz CT molecular complexity index is 569. The smallest absolute Gasteiger partial charge is 0.131 e. The van der Waals surface area contributed by atoms with Crippen molar-refractivity contribution in [3.05, 3.63) is 59.5 Å². The maximum absolute atomic E-state index is 13.0. The second kappa shape index (κ2) is 7.18. The van der Waals surface area contributed by atoms with E-state index in [-0.39, 0.29) is 11.9 Å². The molecule has 0 saturated heterocycles. The third kappa shape index (κ3) is 4.26. The zero-order valence-corrected chi connectivity index (χ0v) is 12.6. The van der Waals surface area contributed by atoms with Gasteiger partial charge in [-0.3, -0.25) is 0 Å². The predicted molar refractivity (Wildman–Crippen MR) is 84.7 cm³/mol. The molecule has 3 nitrogen and oxygen atoms in total. The third-order valence-electron chi connectivity index (χ3n) is 3.57. The van der Waals surface area contributed by atoms with Gasteiger partial charge in [0.05, 0.1) is 0 Å². The molecule has 1 aromatic carbocycles. The summed E-state index contributed by atoms with van der Waals surface area (Å²) in [6.07, 6.45) is 3.54. The highest BCUT2D eigenvalue weighted by atomic mass is 19.1. The van der Waals surface area contributed by atoms with Crippen molar-refractivity contribution in [1.29, 1.82) is 0 Å². The van der Waals surface area contributed by atoms with Crippen LogP contribution in [0.4, 0.5) is 10.2 Å². The van der Waals surface area contributed by atoms with Crippen LogP contribution in [0.5, 0.6) is 0 Å². The van der Waals surface area contributed by atoms with E-state index in [0.29, 0.717) is 6.54 Å². The van der Waals surface area contributed by atoms with E-state index in [0.717, 1.165) is 29.8 Å². The van der Waals surface area contributed by atoms with E-state index in [1.807, 2.05) is 13.1 Å². The number of halogens is 1. The number of nitrogens with two attached hydrogens (primary N) is 1. The van der Waals surface area contributed by atoms with Crippen molar-refractivity contribution in [2.75, 3.05) is 11.9 Å². The van der Waals surface area contributed by atoms with Gasteiger partial charge in [0.2, 0.25) is 0 Å². The molecule has 0 radical (unpaired) electrons. The van der Waals surface area contributed by atoms with Gasteiger partial charge in [-0.25, -0.2) is 9.37 Å². The van der Waals surface area contributed by atoms with Gasteiger partial charge in [0, 0.05) is 25.8 Å². The van der Waals surface area contributed by atoms with E-state index in [1.54, 1.807) is 18.3 Å². The summed E-state index contributed by atoms with van der Waals surface area (Å²) in [5.41, 5.74) is 8.26. The minimum absolute atomic E-state index is 0.146. The molecule has 0 aliphatic rings. The molecule has 0 saturated carbocycles. The second-order valence-corrected chi connectivity index (χ2v) is 5.34. The average Bonchev–Trinajstić information content (AvgIpc) is 2.50. The molecule has 2 rings (SSSR count). The molecule has 0 aliphatic heterocycles. The Morgan fingerprint density at radius 2 is 1.95 bits per heavy atom. The molecule has 21 heavy (non-hydrogen) atoms. The number of aromatic nitrogens is 1. The first kappa shape index (κ1) is 15.4. The van der Waals surface area contributed by atoms with E-state index < -0.39 is 0 Å². The molecular weight excluding hydrogens is 265 g/mol. The van der Waals surface area contributed by atoms with Crippen molar-refractivity contribution in [3.8, 4) is 0 Å². The molecule has 112 valence electrons. The van der Waals surface area contributed by atoms with E-state index >= 15 is 0 Å². The average molecular weight is 287 g/mol. The molecule has 2 aromatic rings. The molecule has 2 N–H and O–H groups in total. The quantitative estimate of drug-likeness (QED) is 0.887. The first-order valence-corrected chi connectivity index (χ1v) is 7.25. The lowest BCUT2D eigenvalue weighted by Gasteiger charge is -2.22. The van der Waals surface area contributed by atoms with Gasteiger partial charge in [0.15, 0.2) is 0 Å². The summed E-state index contributed by atoms with van der Waals surface area (Å²) in [6.45, 7) is 2.77. The fourth-order valence-corrected chi connectivity index (χ4v) is 2.30. The van der Waals surface area contributed by atoms with Crippen LogP contribution >= 0.6 is 0 Å². The van der Waals surface area contributed by atoms with Crippen LogP contribution in [0.1, 0.15) is 24.5 Å². The summed E-state index contributed by atoms with van der Waals surface area (Å²) >= 11 is 0.